The number of hydrogen-bond donors (Lipinski definition) is 1. The van der Waals surface area contributed by atoms with Gasteiger partial charge in [-0.3, -0.25) is 0 Å². The fourth-order valence-electron chi connectivity index (χ4n) is 1.79. The van der Waals surface area contributed by atoms with Crippen LogP contribution >= 0.6 is 0 Å². The topological polar surface area (TPSA) is 42.7 Å². The molecule has 0 fully saturated rings. The van der Waals surface area contributed by atoms with Crippen LogP contribution < -0.4 is 5.32 Å². The summed E-state index contributed by atoms with van der Waals surface area (Å²) in [6, 6.07) is 0. The van der Waals surface area contributed by atoms with Crippen LogP contribution in [0, 0.1) is 5.92 Å². The van der Waals surface area contributed by atoms with Crippen LogP contribution in [0.4, 0.5) is 0 Å². The van der Waals surface area contributed by atoms with E-state index in [1.165, 1.54) is 12.1 Å². The van der Waals surface area contributed by atoms with E-state index in [9.17, 15) is 0 Å². The van der Waals surface area contributed by atoms with Gasteiger partial charge in [-0.1, -0.05) is 26.0 Å². The van der Waals surface area contributed by atoms with Gasteiger partial charge in [0.1, 0.15) is 0 Å². The van der Waals surface area contributed by atoms with Crippen LogP contribution in [0.15, 0.2) is 6.20 Å². The number of nitrogens with zero attached hydrogens (tertiary/aromatic N) is 3. The van der Waals surface area contributed by atoms with E-state index in [0.29, 0.717) is 5.92 Å². The van der Waals surface area contributed by atoms with Crippen molar-refractivity contribution in [2.75, 3.05) is 13.1 Å². The van der Waals surface area contributed by atoms with Crippen LogP contribution in [0.2, 0.25) is 0 Å². The van der Waals surface area contributed by atoms with Crippen LogP contribution in [0.3, 0.4) is 0 Å². The molecular weight excluding hydrogens is 200 g/mol. The Morgan fingerprint density at radius 2 is 2.19 bits per heavy atom. The molecule has 1 rings (SSSR count). The molecule has 0 radical (unpaired) electrons. The average molecular weight is 224 g/mol. The summed E-state index contributed by atoms with van der Waals surface area (Å²) in [6.45, 7) is 9.79. The molecule has 1 heterocycles. The zero-order valence-electron chi connectivity index (χ0n) is 10.7. The maximum atomic E-state index is 4.10. The van der Waals surface area contributed by atoms with Gasteiger partial charge in [0.15, 0.2) is 0 Å². The molecule has 1 unspecified atom stereocenters. The van der Waals surface area contributed by atoms with E-state index in [1.54, 1.807) is 0 Å². The monoisotopic (exact) mass is 224 g/mol. The standard InChI is InChI=1S/C12H24N4/c1-4-6-13-9-11(3)8-12-10-14-15-16(12)7-5-2/h10-11,13H,4-9H2,1-3H3. The normalized spacial score (nSPS) is 12.9. The fourth-order valence-corrected chi connectivity index (χ4v) is 1.79. The molecule has 0 amide bonds. The summed E-state index contributed by atoms with van der Waals surface area (Å²) >= 11 is 0. The van der Waals surface area contributed by atoms with Crippen molar-refractivity contribution in [3.05, 3.63) is 11.9 Å². The molecule has 16 heavy (non-hydrogen) atoms. The lowest BCUT2D eigenvalue weighted by Gasteiger charge is -2.12. The van der Waals surface area contributed by atoms with Crippen LogP contribution in [0.25, 0.3) is 0 Å². The third kappa shape index (κ3) is 4.31. The van der Waals surface area contributed by atoms with Gasteiger partial charge < -0.3 is 5.32 Å². The van der Waals surface area contributed by atoms with E-state index in [2.05, 4.69) is 36.4 Å². The van der Waals surface area contributed by atoms with Gasteiger partial charge in [-0.2, -0.15) is 0 Å². The first-order valence-corrected chi connectivity index (χ1v) is 6.36. The number of aryl methyl sites for hydroxylation is 1. The highest BCUT2D eigenvalue weighted by atomic mass is 15.4. The van der Waals surface area contributed by atoms with Crippen molar-refractivity contribution in [2.45, 2.75) is 46.6 Å². The van der Waals surface area contributed by atoms with E-state index in [4.69, 9.17) is 0 Å². The van der Waals surface area contributed by atoms with Crippen LogP contribution in [-0.4, -0.2) is 28.1 Å². The summed E-state index contributed by atoms with van der Waals surface area (Å²) in [5, 5.41) is 11.5. The second-order valence-corrected chi connectivity index (χ2v) is 4.46. The molecule has 92 valence electrons. The first kappa shape index (κ1) is 13.2. The molecule has 1 atom stereocenters. The van der Waals surface area contributed by atoms with Crippen molar-refractivity contribution < 1.29 is 0 Å². The first-order valence-electron chi connectivity index (χ1n) is 6.36. The lowest BCUT2D eigenvalue weighted by atomic mass is 10.1. The predicted molar refractivity (Wildman–Crippen MR) is 66.3 cm³/mol. The summed E-state index contributed by atoms with van der Waals surface area (Å²) in [4.78, 5) is 0. The Morgan fingerprint density at radius 1 is 1.38 bits per heavy atom. The summed E-state index contributed by atoms with van der Waals surface area (Å²) in [5.74, 6) is 0.639. The Hall–Kier alpha value is -0.900. The highest BCUT2D eigenvalue weighted by Gasteiger charge is 2.08. The summed E-state index contributed by atoms with van der Waals surface area (Å²) < 4.78 is 2.02. The number of aromatic nitrogens is 3. The maximum absolute atomic E-state index is 4.10. The van der Waals surface area contributed by atoms with Crippen molar-refractivity contribution in [3.63, 3.8) is 0 Å². The Morgan fingerprint density at radius 3 is 2.88 bits per heavy atom. The minimum absolute atomic E-state index is 0.639. The molecule has 0 spiro atoms. The molecule has 1 aromatic rings. The molecule has 0 saturated carbocycles. The highest BCUT2D eigenvalue weighted by molar-refractivity contribution is 4.95. The minimum atomic E-state index is 0.639. The highest BCUT2D eigenvalue weighted by Crippen LogP contribution is 2.06. The summed E-state index contributed by atoms with van der Waals surface area (Å²) in [6.07, 6.45) is 5.26. The van der Waals surface area contributed by atoms with Gasteiger partial charge in [-0.25, -0.2) is 4.68 Å². The molecule has 1 aromatic heterocycles. The SMILES string of the molecule is CCCNCC(C)Cc1cnnn1CCC. The molecule has 0 aromatic carbocycles. The van der Waals surface area contributed by atoms with Crippen molar-refractivity contribution in [2.24, 2.45) is 5.92 Å². The maximum Gasteiger partial charge on any atom is 0.0725 e. The third-order valence-corrected chi connectivity index (χ3v) is 2.61. The number of hydrogen-bond acceptors (Lipinski definition) is 3. The van der Waals surface area contributed by atoms with Gasteiger partial charge in [0.2, 0.25) is 0 Å². The first-order chi connectivity index (χ1) is 7.77. The van der Waals surface area contributed by atoms with Crippen molar-refractivity contribution in [1.82, 2.24) is 20.3 Å². The van der Waals surface area contributed by atoms with E-state index in [1.807, 2.05) is 10.9 Å². The molecule has 0 saturated heterocycles. The van der Waals surface area contributed by atoms with Crippen molar-refractivity contribution >= 4 is 0 Å². The Balaban J connectivity index is 2.36. The quantitative estimate of drug-likeness (QED) is 0.685. The molecule has 0 aliphatic rings. The van der Waals surface area contributed by atoms with Crippen LogP contribution in [0.1, 0.15) is 39.3 Å². The zero-order chi connectivity index (χ0) is 11.8. The fraction of sp³-hybridized carbons (Fsp3) is 0.833. The molecule has 4 nitrogen and oxygen atoms in total. The smallest absolute Gasteiger partial charge is 0.0725 e. The van der Waals surface area contributed by atoms with Crippen LogP contribution in [-0.2, 0) is 13.0 Å². The van der Waals surface area contributed by atoms with Crippen molar-refractivity contribution in [1.29, 1.82) is 0 Å². The van der Waals surface area contributed by atoms with Gasteiger partial charge in [0, 0.05) is 6.54 Å². The van der Waals surface area contributed by atoms with Gasteiger partial charge in [-0.05, 0) is 38.3 Å². The Kier molecular flexibility index (Phi) is 6.08. The predicted octanol–water partition coefficient (Wildman–Crippen LogP) is 1.87. The zero-order valence-corrected chi connectivity index (χ0v) is 10.7. The van der Waals surface area contributed by atoms with Crippen molar-refractivity contribution in [3.8, 4) is 0 Å². The average Bonchev–Trinajstić information content (AvgIpc) is 2.67. The molecular formula is C12H24N4. The third-order valence-electron chi connectivity index (χ3n) is 2.61. The largest absolute Gasteiger partial charge is 0.316 e. The van der Waals surface area contributed by atoms with E-state index < -0.39 is 0 Å². The molecule has 0 bridgehead atoms. The lowest BCUT2D eigenvalue weighted by Crippen LogP contribution is -2.23. The summed E-state index contributed by atoms with van der Waals surface area (Å²) in [7, 11) is 0. The number of rotatable bonds is 8. The number of nitrogens with one attached hydrogen (secondary N) is 1. The molecule has 4 heteroatoms. The van der Waals surface area contributed by atoms with Gasteiger partial charge in [0.25, 0.3) is 0 Å². The minimum Gasteiger partial charge on any atom is -0.316 e. The summed E-state index contributed by atoms with van der Waals surface area (Å²) in [5.41, 5.74) is 1.26. The van der Waals surface area contributed by atoms with E-state index >= 15 is 0 Å². The second kappa shape index (κ2) is 7.39. The Bertz CT molecular complexity index is 282. The van der Waals surface area contributed by atoms with Gasteiger partial charge in [-0.15, -0.1) is 5.10 Å². The molecule has 0 aliphatic carbocycles. The van der Waals surface area contributed by atoms with Gasteiger partial charge >= 0.3 is 0 Å². The molecule has 0 aliphatic heterocycles. The Labute approximate surface area is 98.4 Å². The van der Waals surface area contributed by atoms with Gasteiger partial charge in [0.05, 0.1) is 11.9 Å². The second-order valence-electron chi connectivity index (χ2n) is 4.46. The van der Waals surface area contributed by atoms with E-state index in [0.717, 1.165) is 32.5 Å². The lowest BCUT2D eigenvalue weighted by molar-refractivity contribution is 0.478. The van der Waals surface area contributed by atoms with Crippen LogP contribution in [0.5, 0.6) is 0 Å². The molecule has 1 N–H and O–H groups in total. The van der Waals surface area contributed by atoms with E-state index in [-0.39, 0.29) is 0 Å².